The van der Waals surface area contributed by atoms with Crippen molar-refractivity contribution in [1.82, 2.24) is 4.90 Å². The second kappa shape index (κ2) is 8.47. The number of nitrogens with two attached hydrogens (primary N) is 1. The minimum atomic E-state index is -0.504. The molecule has 1 unspecified atom stereocenters. The Hall–Kier alpha value is -2.49. The van der Waals surface area contributed by atoms with Gasteiger partial charge in [0.05, 0.1) is 25.3 Å². The molecule has 27 heavy (non-hydrogen) atoms. The van der Waals surface area contributed by atoms with Gasteiger partial charge < -0.3 is 25.4 Å². The van der Waals surface area contributed by atoms with Crippen molar-refractivity contribution in [2.75, 3.05) is 50.2 Å². The summed E-state index contributed by atoms with van der Waals surface area (Å²) in [6.45, 7) is 1.63. The monoisotopic (exact) mass is 376 g/mol. The molecule has 0 spiro atoms. The van der Waals surface area contributed by atoms with E-state index >= 15 is 0 Å². The maximum atomic E-state index is 12.3. The topological polar surface area (TPSA) is 114 Å². The van der Waals surface area contributed by atoms with Crippen LogP contribution in [0.15, 0.2) is 24.3 Å². The summed E-state index contributed by atoms with van der Waals surface area (Å²) < 4.78 is 10.4. The first kappa shape index (κ1) is 19.3. The van der Waals surface area contributed by atoms with Gasteiger partial charge in [-0.15, -0.1) is 0 Å². The van der Waals surface area contributed by atoms with E-state index in [1.54, 1.807) is 41.2 Å². The van der Waals surface area contributed by atoms with Crippen LogP contribution in [0.25, 0.3) is 0 Å². The van der Waals surface area contributed by atoms with E-state index in [-0.39, 0.29) is 31.1 Å². The lowest BCUT2D eigenvalue weighted by Crippen LogP contribution is -2.44. The zero-order valence-corrected chi connectivity index (χ0v) is 15.2. The van der Waals surface area contributed by atoms with Crippen molar-refractivity contribution in [2.45, 2.75) is 18.6 Å². The fourth-order valence-corrected chi connectivity index (χ4v) is 3.40. The van der Waals surface area contributed by atoms with Crippen molar-refractivity contribution in [2.24, 2.45) is 5.73 Å². The highest BCUT2D eigenvalue weighted by atomic mass is 16.5. The number of benzene rings is 1. The van der Waals surface area contributed by atoms with Crippen LogP contribution in [0.3, 0.4) is 0 Å². The van der Waals surface area contributed by atoms with Crippen LogP contribution in [0.2, 0.25) is 0 Å². The summed E-state index contributed by atoms with van der Waals surface area (Å²) in [6, 6.07) is 6.53. The lowest BCUT2D eigenvalue weighted by atomic mass is 10.2. The normalized spacial score (nSPS) is 23.4. The van der Waals surface area contributed by atoms with Crippen LogP contribution in [0.5, 0.6) is 0 Å². The molecule has 0 radical (unpaired) electrons. The number of morpholine rings is 1. The number of hydrogen-bond acceptors (Lipinski definition) is 6. The molecule has 0 saturated carbocycles. The van der Waals surface area contributed by atoms with E-state index in [2.05, 4.69) is 5.32 Å². The number of primary amides is 1. The molecule has 146 valence electrons. The van der Waals surface area contributed by atoms with Crippen LogP contribution in [0.1, 0.15) is 6.42 Å². The molecule has 9 heteroatoms. The van der Waals surface area contributed by atoms with Gasteiger partial charge in [0.15, 0.2) is 0 Å². The third-order valence-corrected chi connectivity index (χ3v) is 4.82. The molecule has 3 amide bonds. The SMILES string of the molecule is CO[C@H]1CC(C(N)=O)N(CC(=O)Nc2ccc(N3CCOCC3=O)cc2)C1. The van der Waals surface area contributed by atoms with Gasteiger partial charge >= 0.3 is 0 Å². The Labute approximate surface area is 157 Å². The van der Waals surface area contributed by atoms with E-state index < -0.39 is 11.9 Å². The molecule has 2 fully saturated rings. The smallest absolute Gasteiger partial charge is 0.253 e. The van der Waals surface area contributed by atoms with Crippen LogP contribution in [0, 0.1) is 0 Å². The van der Waals surface area contributed by atoms with E-state index in [4.69, 9.17) is 15.2 Å². The Bertz CT molecular complexity index is 708. The van der Waals surface area contributed by atoms with Crippen molar-refractivity contribution in [1.29, 1.82) is 0 Å². The number of nitrogens with zero attached hydrogens (tertiary/aromatic N) is 2. The molecule has 2 saturated heterocycles. The van der Waals surface area contributed by atoms with Gasteiger partial charge in [-0.05, 0) is 30.7 Å². The number of anilines is 2. The average molecular weight is 376 g/mol. The predicted octanol–water partition coefficient (Wildman–Crippen LogP) is -0.437. The molecule has 3 N–H and O–H groups in total. The maximum Gasteiger partial charge on any atom is 0.253 e. The van der Waals surface area contributed by atoms with Crippen molar-refractivity contribution in [3.8, 4) is 0 Å². The average Bonchev–Trinajstić information content (AvgIpc) is 3.06. The Morgan fingerprint density at radius 1 is 1.33 bits per heavy atom. The fraction of sp³-hybridized carbons (Fsp3) is 0.500. The molecular formula is C18H24N4O5. The largest absolute Gasteiger partial charge is 0.380 e. The van der Waals surface area contributed by atoms with Crippen molar-refractivity contribution in [3.63, 3.8) is 0 Å². The minimum Gasteiger partial charge on any atom is -0.380 e. The number of amides is 3. The lowest BCUT2D eigenvalue weighted by molar-refractivity contribution is -0.126. The summed E-state index contributed by atoms with van der Waals surface area (Å²) in [4.78, 5) is 39.2. The van der Waals surface area contributed by atoms with Crippen LogP contribution >= 0.6 is 0 Å². The van der Waals surface area contributed by atoms with Crippen LogP contribution in [0.4, 0.5) is 11.4 Å². The van der Waals surface area contributed by atoms with E-state index in [9.17, 15) is 14.4 Å². The number of rotatable bonds is 6. The van der Waals surface area contributed by atoms with Crippen molar-refractivity contribution >= 4 is 29.1 Å². The molecule has 3 rings (SSSR count). The van der Waals surface area contributed by atoms with Gasteiger partial charge in [0.2, 0.25) is 11.8 Å². The lowest BCUT2D eigenvalue weighted by Gasteiger charge is -2.27. The second-order valence-corrected chi connectivity index (χ2v) is 6.63. The highest BCUT2D eigenvalue weighted by molar-refractivity contribution is 5.96. The quantitative estimate of drug-likeness (QED) is 0.696. The highest BCUT2D eigenvalue weighted by Crippen LogP contribution is 2.21. The van der Waals surface area contributed by atoms with E-state index in [0.717, 1.165) is 5.69 Å². The Balaban J connectivity index is 1.57. The van der Waals surface area contributed by atoms with Gasteiger partial charge in [-0.25, -0.2) is 0 Å². The Kier molecular flexibility index (Phi) is 6.04. The summed E-state index contributed by atoms with van der Waals surface area (Å²) in [5.74, 6) is -0.785. The van der Waals surface area contributed by atoms with E-state index in [1.807, 2.05) is 0 Å². The molecule has 0 aromatic heterocycles. The van der Waals surface area contributed by atoms with Crippen LogP contribution in [-0.4, -0.2) is 74.7 Å². The third kappa shape index (κ3) is 4.62. The second-order valence-electron chi connectivity index (χ2n) is 6.63. The third-order valence-electron chi connectivity index (χ3n) is 4.82. The first-order chi connectivity index (χ1) is 13.0. The number of methoxy groups -OCH3 is 1. The summed E-state index contributed by atoms with van der Waals surface area (Å²) in [5, 5.41) is 2.80. The Morgan fingerprint density at radius 2 is 2.07 bits per heavy atom. The van der Waals surface area contributed by atoms with Gasteiger partial charge in [0, 0.05) is 31.6 Å². The minimum absolute atomic E-state index is 0.0527. The first-order valence-corrected chi connectivity index (χ1v) is 8.82. The van der Waals surface area contributed by atoms with Crippen LogP contribution < -0.4 is 16.0 Å². The maximum absolute atomic E-state index is 12.3. The van der Waals surface area contributed by atoms with Gasteiger partial charge in [-0.3, -0.25) is 19.3 Å². The predicted molar refractivity (Wildman–Crippen MR) is 98.2 cm³/mol. The van der Waals surface area contributed by atoms with E-state index in [1.165, 1.54) is 0 Å². The molecule has 0 aliphatic carbocycles. The number of carbonyl (C=O) groups is 3. The first-order valence-electron chi connectivity index (χ1n) is 8.82. The van der Waals surface area contributed by atoms with E-state index in [0.29, 0.717) is 31.8 Å². The number of hydrogen-bond donors (Lipinski definition) is 2. The number of likely N-dealkylation sites (tertiary alicyclic amines) is 1. The molecule has 2 aliphatic rings. The number of ether oxygens (including phenoxy) is 2. The molecule has 2 atom stereocenters. The Morgan fingerprint density at radius 3 is 2.70 bits per heavy atom. The van der Waals surface area contributed by atoms with Crippen molar-refractivity contribution < 1.29 is 23.9 Å². The summed E-state index contributed by atoms with van der Waals surface area (Å²) in [6.07, 6.45) is 0.377. The summed E-state index contributed by atoms with van der Waals surface area (Å²) in [7, 11) is 1.58. The fourth-order valence-electron chi connectivity index (χ4n) is 3.40. The van der Waals surface area contributed by atoms with Crippen molar-refractivity contribution in [3.05, 3.63) is 24.3 Å². The molecule has 2 aliphatic heterocycles. The van der Waals surface area contributed by atoms with Gasteiger partial charge in [0.25, 0.3) is 5.91 Å². The molecule has 0 bridgehead atoms. The molecule has 2 heterocycles. The zero-order valence-electron chi connectivity index (χ0n) is 15.2. The molecular weight excluding hydrogens is 352 g/mol. The zero-order chi connectivity index (χ0) is 19.4. The number of carbonyl (C=O) groups excluding carboxylic acids is 3. The molecule has 9 nitrogen and oxygen atoms in total. The number of nitrogens with one attached hydrogen (secondary N) is 1. The standard InChI is InChI=1S/C18H24N4O5/c1-26-14-8-15(18(19)25)21(9-14)10-16(23)20-12-2-4-13(5-3-12)22-6-7-27-11-17(22)24/h2-5,14-15H,6-11H2,1H3,(H2,19,25)(H,20,23)/t14-,15?/m0/s1. The van der Waals surface area contributed by atoms with Gasteiger partial charge in [-0.1, -0.05) is 0 Å². The molecule has 1 aromatic carbocycles. The van der Waals surface area contributed by atoms with Gasteiger partial charge in [0.1, 0.15) is 6.61 Å². The van der Waals surface area contributed by atoms with Gasteiger partial charge in [-0.2, -0.15) is 0 Å². The van der Waals surface area contributed by atoms with Crippen LogP contribution in [-0.2, 0) is 23.9 Å². The summed E-state index contributed by atoms with van der Waals surface area (Å²) in [5.41, 5.74) is 6.80. The highest BCUT2D eigenvalue weighted by Gasteiger charge is 2.36. The summed E-state index contributed by atoms with van der Waals surface area (Å²) >= 11 is 0. The molecule has 1 aromatic rings.